The van der Waals surface area contributed by atoms with Crippen molar-refractivity contribution in [2.75, 3.05) is 13.2 Å². The lowest BCUT2D eigenvalue weighted by molar-refractivity contribution is -0.384. The zero-order chi connectivity index (χ0) is 31.3. The number of hydrogen-bond donors (Lipinski definition) is 3. The molecule has 3 N–H and O–H groups in total. The number of hydrazone groups is 1. The Kier molecular flexibility index (Phi) is 9.56. The Morgan fingerprint density at radius 2 is 1.91 bits per heavy atom. The second kappa shape index (κ2) is 13.3. The average molecular weight is 605 g/mol. The third-order valence-electron chi connectivity index (χ3n) is 6.85. The number of nitro benzene ring substituents is 1. The topological polar surface area (TPSA) is 149 Å². The first-order valence-corrected chi connectivity index (χ1v) is 13.9. The van der Waals surface area contributed by atoms with E-state index in [2.05, 4.69) is 21.2 Å². The van der Waals surface area contributed by atoms with Gasteiger partial charge in [0.15, 0.2) is 11.7 Å². The fourth-order valence-electron chi connectivity index (χ4n) is 4.90. The third-order valence-corrected chi connectivity index (χ3v) is 7.07. The van der Waals surface area contributed by atoms with E-state index in [-0.39, 0.29) is 18.9 Å². The highest BCUT2D eigenvalue weighted by Gasteiger charge is 2.32. The maximum absolute atomic E-state index is 12.7. The Balaban J connectivity index is 1.45. The van der Waals surface area contributed by atoms with Gasteiger partial charge in [-0.25, -0.2) is 10.2 Å². The van der Waals surface area contributed by atoms with E-state index in [9.17, 15) is 19.7 Å². The molecule has 0 unspecified atom stereocenters. The second-order valence-corrected chi connectivity index (χ2v) is 10.2. The van der Waals surface area contributed by atoms with Crippen molar-refractivity contribution in [3.05, 3.63) is 98.0 Å². The van der Waals surface area contributed by atoms with Crippen LogP contribution >= 0.6 is 12.2 Å². The van der Waals surface area contributed by atoms with Gasteiger partial charge in [0.1, 0.15) is 5.75 Å². The van der Waals surface area contributed by atoms with Gasteiger partial charge in [-0.2, -0.15) is 5.10 Å². The number of non-ortho nitro benzene ring substituents is 1. The molecule has 3 aromatic rings. The number of benzene rings is 2. The first kappa shape index (κ1) is 30.9. The summed E-state index contributed by atoms with van der Waals surface area (Å²) in [6.45, 7) is 8.99. The Morgan fingerprint density at radius 1 is 1.16 bits per heavy atom. The normalized spacial score (nSPS) is 14.7. The van der Waals surface area contributed by atoms with Gasteiger partial charge in [-0.3, -0.25) is 14.9 Å². The van der Waals surface area contributed by atoms with Crippen LogP contribution in [0.3, 0.4) is 0 Å². The van der Waals surface area contributed by atoms with Crippen molar-refractivity contribution in [2.45, 2.75) is 40.7 Å². The van der Waals surface area contributed by atoms with Crippen LogP contribution in [0.4, 0.5) is 5.69 Å². The fourth-order valence-corrected chi connectivity index (χ4v) is 5.17. The molecule has 13 heteroatoms. The minimum absolute atomic E-state index is 0.0274. The van der Waals surface area contributed by atoms with E-state index >= 15 is 0 Å². The molecule has 0 bridgehead atoms. The molecule has 224 valence electrons. The second-order valence-electron chi connectivity index (χ2n) is 9.80. The lowest BCUT2D eigenvalue weighted by atomic mass is 9.95. The van der Waals surface area contributed by atoms with Gasteiger partial charge in [0, 0.05) is 46.0 Å². The van der Waals surface area contributed by atoms with Gasteiger partial charge >= 0.3 is 5.97 Å². The number of aryl methyl sites for hydroxylation is 2. The smallest absolute Gasteiger partial charge is 0.338 e. The predicted octanol–water partition coefficient (Wildman–Crippen LogP) is 4.20. The van der Waals surface area contributed by atoms with Crippen molar-refractivity contribution in [1.29, 1.82) is 0 Å². The van der Waals surface area contributed by atoms with Crippen LogP contribution in [0.2, 0.25) is 0 Å². The van der Waals surface area contributed by atoms with Crippen LogP contribution in [0, 0.1) is 30.9 Å². The molecule has 12 nitrogen and oxygen atoms in total. The quantitative estimate of drug-likeness (QED) is 0.102. The van der Waals surface area contributed by atoms with Crippen molar-refractivity contribution in [3.63, 3.8) is 0 Å². The molecule has 0 spiro atoms. The van der Waals surface area contributed by atoms with Crippen molar-refractivity contribution < 1.29 is 24.0 Å². The summed E-state index contributed by atoms with van der Waals surface area (Å²) in [6.07, 6.45) is 1.53. The Bertz CT molecular complexity index is 1660. The predicted molar refractivity (Wildman–Crippen MR) is 165 cm³/mol. The van der Waals surface area contributed by atoms with E-state index in [1.54, 1.807) is 44.2 Å². The summed E-state index contributed by atoms with van der Waals surface area (Å²) in [5, 5.41) is 21.6. The largest absolute Gasteiger partial charge is 0.483 e. The number of thiocarbonyl (C=S) groups is 1. The van der Waals surface area contributed by atoms with Crippen LogP contribution in [-0.2, 0) is 14.3 Å². The zero-order valence-corrected chi connectivity index (χ0v) is 25.2. The van der Waals surface area contributed by atoms with E-state index in [0.717, 1.165) is 28.2 Å². The van der Waals surface area contributed by atoms with Crippen LogP contribution in [0.25, 0.3) is 5.69 Å². The van der Waals surface area contributed by atoms with Gasteiger partial charge in [-0.15, -0.1) is 0 Å². The Labute approximate surface area is 253 Å². The Hall–Kier alpha value is -5.04. The number of nitro groups is 1. The highest BCUT2D eigenvalue weighted by atomic mass is 32.1. The van der Waals surface area contributed by atoms with Crippen LogP contribution in [0.15, 0.2) is 64.9 Å². The highest BCUT2D eigenvalue weighted by molar-refractivity contribution is 7.80. The number of hydrogen-bond acceptors (Lipinski definition) is 8. The molecule has 0 fully saturated rings. The van der Waals surface area contributed by atoms with Crippen molar-refractivity contribution in [1.82, 2.24) is 20.6 Å². The lowest BCUT2D eigenvalue weighted by Crippen LogP contribution is -2.45. The van der Waals surface area contributed by atoms with E-state index in [0.29, 0.717) is 27.7 Å². The molecule has 1 aliphatic rings. The van der Waals surface area contributed by atoms with Gasteiger partial charge < -0.3 is 24.7 Å². The van der Waals surface area contributed by atoms with E-state index in [1.165, 1.54) is 18.3 Å². The standard InChI is InChI=1S/C30H32N6O6S/c1-6-41-29(38)27-19(4)32-30(43)33-28(27)23-9-7-8-10-25(23)42-16-26(37)34-31-15-21-14-18(3)35(20(21)5)24-12-11-22(36(39)40)13-17(24)2/h7-15,28H,6,16H2,1-5H3,(H,34,37)(H2,32,33,43)/t28-/m1/s1. The molecule has 0 saturated heterocycles. The van der Waals surface area contributed by atoms with Crippen molar-refractivity contribution in [2.24, 2.45) is 5.10 Å². The molecule has 4 rings (SSSR count). The number of ether oxygens (including phenoxy) is 2. The summed E-state index contributed by atoms with van der Waals surface area (Å²) in [5.41, 5.74) is 8.14. The molecule has 2 aromatic carbocycles. The first-order chi connectivity index (χ1) is 20.5. The molecule has 2 heterocycles. The van der Waals surface area contributed by atoms with Crippen LogP contribution in [0.1, 0.15) is 48.0 Å². The number of esters is 1. The molecule has 43 heavy (non-hydrogen) atoms. The van der Waals surface area contributed by atoms with E-state index in [4.69, 9.17) is 21.7 Å². The van der Waals surface area contributed by atoms with Gasteiger partial charge in [0.05, 0.1) is 29.4 Å². The summed E-state index contributed by atoms with van der Waals surface area (Å²) in [6, 6.07) is 13.0. The number of nitrogens with zero attached hydrogens (tertiary/aromatic N) is 3. The molecule has 1 aromatic heterocycles. The average Bonchev–Trinajstić information content (AvgIpc) is 3.23. The molecule has 0 aliphatic carbocycles. The molecular weight excluding hydrogens is 572 g/mol. The fraction of sp³-hybridized carbons (Fsp3) is 0.267. The van der Waals surface area contributed by atoms with Gasteiger partial charge in [0.2, 0.25) is 0 Å². The molecule has 1 amide bonds. The van der Waals surface area contributed by atoms with Gasteiger partial charge in [-0.1, -0.05) is 18.2 Å². The van der Waals surface area contributed by atoms with Crippen molar-refractivity contribution >= 4 is 41.1 Å². The summed E-state index contributed by atoms with van der Waals surface area (Å²) >= 11 is 5.31. The SMILES string of the molecule is CCOC(=O)C1=C(C)NC(=S)N[C@@H]1c1ccccc1OCC(=O)NN=Cc1cc(C)n(-c2ccc([N+](=O)[O-])cc2C)c1C. The minimum atomic E-state index is -0.639. The van der Waals surface area contributed by atoms with Crippen LogP contribution in [-0.4, -0.2) is 45.9 Å². The lowest BCUT2D eigenvalue weighted by Gasteiger charge is -2.30. The number of aromatic nitrogens is 1. The van der Waals surface area contributed by atoms with Crippen LogP contribution < -0.4 is 20.8 Å². The number of rotatable bonds is 10. The minimum Gasteiger partial charge on any atom is -0.483 e. The molecule has 0 radical (unpaired) electrons. The number of allylic oxidation sites excluding steroid dienone is 1. The van der Waals surface area contributed by atoms with Crippen LogP contribution in [0.5, 0.6) is 5.75 Å². The van der Waals surface area contributed by atoms with Gasteiger partial charge in [-0.05, 0) is 70.6 Å². The molecule has 1 aliphatic heterocycles. The number of amides is 1. The third kappa shape index (κ3) is 6.89. The Morgan fingerprint density at radius 3 is 2.60 bits per heavy atom. The number of para-hydroxylation sites is 1. The van der Waals surface area contributed by atoms with E-state index in [1.807, 2.05) is 31.4 Å². The summed E-state index contributed by atoms with van der Waals surface area (Å²) in [4.78, 5) is 36.1. The first-order valence-electron chi connectivity index (χ1n) is 13.4. The highest BCUT2D eigenvalue weighted by Crippen LogP contribution is 2.33. The number of carbonyl (C=O) groups excluding carboxylic acids is 2. The van der Waals surface area contributed by atoms with Gasteiger partial charge in [0.25, 0.3) is 11.6 Å². The monoisotopic (exact) mass is 604 g/mol. The zero-order valence-electron chi connectivity index (χ0n) is 24.4. The molecular formula is C30H32N6O6S. The maximum Gasteiger partial charge on any atom is 0.338 e. The molecule has 0 saturated carbocycles. The van der Waals surface area contributed by atoms with E-state index < -0.39 is 22.8 Å². The summed E-state index contributed by atoms with van der Waals surface area (Å²) in [7, 11) is 0. The number of nitrogens with one attached hydrogen (secondary N) is 3. The summed E-state index contributed by atoms with van der Waals surface area (Å²) in [5.74, 6) is -0.588. The molecule has 1 atom stereocenters. The maximum atomic E-state index is 12.7. The number of carbonyl (C=O) groups is 2. The van der Waals surface area contributed by atoms with Crippen molar-refractivity contribution in [3.8, 4) is 11.4 Å². The summed E-state index contributed by atoms with van der Waals surface area (Å²) < 4.78 is 13.1.